The Morgan fingerprint density at radius 2 is 2.29 bits per heavy atom. The Morgan fingerprint density at radius 3 is 2.81 bits per heavy atom. The highest BCUT2D eigenvalue weighted by Gasteiger charge is 2.23. The van der Waals surface area contributed by atoms with Crippen LogP contribution in [-0.2, 0) is 13.7 Å². The number of nitro groups is 1. The Kier molecular flexibility index (Phi) is 4.59. The molecule has 1 N–H and O–H groups in total. The number of aliphatic hydroxyl groups excluding tert-OH is 1. The highest BCUT2D eigenvalue weighted by Crippen LogP contribution is 2.38. The summed E-state index contributed by atoms with van der Waals surface area (Å²) in [6.45, 7) is 1.65. The number of imidazole rings is 1. The predicted octanol–water partition coefficient (Wildman–Crippen LogP) is 2.72. The van der Waals surface area contributed by atoms with Crippen molar-refractivity contribution in [2.45, 2.75) is 19.6 Å². The van der Waals surface area contributed by atoms with Gasteiger partial charge in [0.05, 0.1) is 29.2 Å². The van der Waals surface area contributed by atoms with Gasteiger partial charge in [-0.25, -0.2) is 4.98 Å². The summed E-state index contributed by atoms with van der Waals surface area (Å²) in [6.07, 6.45) is 2.35. The van der Waals surface area contributed by atoms with E-state index in [-0.39, 0.29) is 18.0 Å². The highest BCUT2D eigenvalue weighted by molar-refractivity contribution is 9.10. The van der Waals surface area contributed by atoms with Gasteiger partial charge in [-0.2, -0.15) is 0 Å². The quantitative estimate of drug-likeness (QED) is 0.657. The molecule has 21 heavy (non-hydrogen) atoms. The van der Waals surface area contributed by atoms with E-state index in [0.29, 0.717) is 10.0 Å². The molecule has 0 amide bonds. The molecule has 2 rings (SSSR count). The third kappa shape index (κ3) is 3.40. The van der Waals surface area contributed by atoms with Crippen LogP contribution in [0.1, 0.15) is 24.3 Å². The van der Waals surface area contributed by atoms with Crippen LogP contribution in [-0.4, -0.2) is 19.6 Å². The minimum absolute atomic E-state index is 0.0689. The molecule has 0 saturated heterocycles. The molecule has 0 fully saturated rings. The first-order valence-electron chi connectivity index (χ1n) is 6.14. The van der Waals surface area contributed by atoms with E-state index in [4.69, 9.17) is 4.74 Å². The third-order valence-electron chi connectivity index (χ3n) is 2.99. The van der Waals surface area contributed by atoms with E-state index in [1.54, 1.807) is 30.2 Å². The number of hydrogen-bond donors (Lipinski definition) is 1. The van der Waals surface area contributed by atoms with E-state index < -0.39 is 11.0 Å². The molecule has 1 aromatic carbocycles. The van der Waals surface area contributed by atoms with Gasteiger partial charge in [0.15, 0.2) is 0 Å². The first-order valence-corrected chi connectivity index (χ1v) is 6.93. The summed E-state index contributed by atoms with van der Waals surface area (Å²) in [5.41, 5.74) is 0.935. The molecule has 1 aromatic heterocycles. The Bertz CT molecular complexity index is 669. The summed E-state index contributed by atoms with van der Waals surface area (Å²) < 4.78 is 7.86. The molecule has 1 heterocycles. The number of aliphatic hydroxyl groups is 1. The molecule has 112 valence electrons. The second-order valence-electron chi connectivity index (χ2n) is 4.56. The third-order valence-corrected chi connectivity index (χ3v) is 3.45. The minimum Gasteiger partial charge on any atom is -0.480 e. The Balaban J connectivity index is 2.40. The maximum absolute atomic E-state index is 11.2. The predicted molar refractivity (Wildman–Crippen MR) is 79.0 cm³/mol. The van der Waals surface area contributed by atoms with Crippen molar-refractivity contribution in [2.24, 2.45) is 7.05 Å². The molecule has 7 nitrogen and oxygen atoms in total. The van der Waals surface area contributed by atoms with E-state index >= 15 is 0 Å². The number of aromatic nitrogens is 2. The molecule has 0 aliphatic carbocycles. The summed E-state index contributed by atoms with van der Waals surface area (Å²) in [5, 5.41) is 21.0. The molecule has 0 radical (unpaired) electrons. The van der Waals surface area contributed by atoms with Crippen LogP contribution in [0.3, 0.4) is 0 Å². The van der Waals surface area contributed by atoms with Gasteiger partial charge in [-0.1, -0.05) is 15.9 Å². The Morgan fingerprint density at radius 1 is 1.57 bits per heavy atom. The van der Waals surface area contributed by atoms with Crippen LogP contribution in [0.15, 0.2) is 29.1 Å². The average Bonchev–Trinajstić information content (AvgIpc) is 2.81. The van der Waals surface area contributed by atoms with Gasteiger partial charge in [-0.05, 0) is 13.0 Å². The van der Waals surface area contributed by atoms with E-state index in [2.05, 4.69) is 20.9 Å². The standard InChI is InChI=1S/C13H14BrN3O4/c1-8(18)11-3-9(14)4-12(17(19)20)13(11)21-6-10-5-15-7-16(10)2/h3-5,7-8,18H,6H2,1-2H3/t8-/m1/s1. The second kappa shape index (κ2) is 6.23. The lowest BCUT2D eigenvalue weighted by Gasteiger charge is -2.14. The zero-order valence-corrected chi connectivity index (χ0v) is 13.1. The highest BCUT2D eigenvalue weighted by atomic mass is 79.9. The maximum Gasteiger partial charge on any atom is 0.312 e. The first kappa shape index (κ1) is 15.5. The molecule has 0 saturated carbocycles. The summed E-state index contributed by atoms with van der Waals surface area (Å²) in [4.78, 5) is 14.6. The lowest BCUT2D eigenvalue weighted by molar-refractivity contribution is -0.386. The fourth-order valence-corrected chi connectivity index (χ4v) is 2.34. The van der Waals surface area contributed by atoms with Crippen LogP contribution < -0.4 is 4.74 Å². The SMILES string of the molecule is C[C@@H](O)c1cc(Br)cc([N+](=O)[O-])c1OCc1cncn1C. The number of hydrogen-bond acceptors (Lipinski definition) is 5. The fourth-order valence-electron chi connectivity index (χ4n) is 1.87. The summed E-state index contributed by atoms with van der Waals surface area (Å²) in [5.74, 6) is 0.0689. The zero-order valence-electron chi connectivity index (χ0n) is 11.5. The van der Waals surface area contributed by atoms with Crippen molar-refractivity contribution < 1.29 is 14.8 Å². The van der Waals surface area contributed by atoms with Crippen LogP contribution in [0.2, 0.25) is 0 Å². The number of benzene rings is 1. The van der Waals surface area contributed by atoms with E-state index in [9.17, 15) is 15.2 Å². The van der Waals surface area contributed by atoms with Crippen molar-refractivity contribution in [1.82, 2.24) is 9.55 Å². The van der Waals surface area contributed by atoms with Gasteiger partial charge < -0.3 is 14.4 Å². The van der Waals surface area contributed by atoms with Crippen molar-refractivity contribution in [2.75, 3.05) is 0 Å². The lowest BCUT2D eigenvalue weighted by Crippen LogP contribution is -2.06. The van der Waals surface area contributed by atoms with Gasteiger partial charge in [-0.15, -0.1) is 0 Å². The van der Waals surface area contributed by atoms with Gasteiger partial charge in [0.1, 0.15) is 6.61 Å². The van der Waals surface area contributed by atoms with Crippen molar-refractivity contribution in [3.8, 4) is 5.75 Å². The molecular weight excluding hydrogens is 342 g/mol. The molecule has 0 aliphatic rings. The van der Waals surface area contributed by atoms with E-state index in [0.717, 1.165) is 5.69 Å². The second-order valence-corrected chi connectivity index (χ2v) is 5.48. The molecular formula is C13H14BrN3O4. The van der Waals surface area contributed by atoms with Crippen molar-refractivity contribution in [3.63, 3.8) is 0 Å². The van der Waals surface area contributed by atoms with Gasteiger partial charge >= 0.3 is 5.69 Å². The number of rotatable bonds is 5. The number of halogens is 1. The number of nitro benzene ring substituents is 1. The van der Waals surface area contributed by atoms with E-state index in [1.807, 2.05) is 0 Å². The van der Waals surface area contributed by atoms with Crippen LogP contribution in [0.5, 0.6) is 5.75 Å². The topological polar surface area (TPSA) is 90.4 Å². The largest absolute Gasteiger partial charge is 0.480 e. The fraction of sp³-hybridized carbons (Fsp3) is 0.308. The Labute approximate surface area is 129 Å². The van der Waals surface area contributed by atoms with Crippen molar-refractivity contribution in [1.29, 1.82) is 0 Å². The molecule has 0 bridgehead atoms. The molecule has 8 heteroatoms. The molecule has 0 spiro atoms. The number of nitrogens with zero attached hydrogens (tertiary/aromatic N) is 3. The summed E-state index contributed by atoms with van der Waals surface area (Å²) in [6, 6.07) is 2.96. The van der Waals surface area contributed by atoms with Crippen LogP contribution in [0.4, 0.5) is 5.69 Å². The first-order chi connectivity index (χ1) is 9.90. The minimum atomic E-state index is -0.886. The smallest absolute Gasteiger partial charge is 0.312 e. The zero-order chi connectivity index (χ0) is 15.6. The summed E-state index contributed by atoms with van der Waals surface area (Å²) >= 11 is 3.20. The molecule has 1 atom stereocenters. The van der Waals surface area contributed by atoms with Gasteiger partial charge in [0.25, 0.3) is 0 Å². The van der Waals surface area contributed by atoms with Crippen LogP contribution in [0, 0.1) is 10.1 Å². The lowest BCUT2D eigenvalue weighted by atomic mass is 10.1. The van der Waals surface area contributed by atoms with E-state index in [1.165, 1.54) is 13.0 Å². The van der Waals surface area contributed by atoms with Gasteiger partial charge in [0, 0.05) is 23.2 Å². The van der Waals surface area contributed by atoms with Crippen molar-refractivity contribution in [3.05, 3.63) is 50.5 Å². The normalized spacial score (nSPS) is 12.2. The summed E-state index contributed by atoms with van der Waals surface area (Å²) in [7, 11) is 1.80. The monoisotopic (exact) mass is 355 g/mol. The maximum atomic E-state index is 11.2. The number of aryl methyl sites for hydroxylation is 1. The van der Waals surface area contributed by atoms with Crippen LogP contribution in [0.25, 0.3) is 0 Å². The average molecular weight is 356 g/mol. The van der Waals surface area contributed by atoms with Gasteiger partial charge in [0.2, 0.25) is 5.75 Å². The molecule has 2 aromatic rings. The van der Waals surface area contributed by atoms with Crippen molar-refractivity contribution >= 4 is 21.6 Å². The number of ether oxygens (including phenoxy) is 1. The Hall–Kier alpha value is -1.93. The molecule has 0 aliphatic heterocycles. The molecule has 0 unspecified atom stereocenters. The van der Waals surface area contributed by atoms with Crippen LogP contribution >= 0.6 is 15.9 Å². The van der Waals surface area contributed by atoms with Gasteiger partial charge in [-0.3, -0.25) is 10.1 Å².